The molecule has 0 spiro atoms. The number of ketones is 1. The first kappa shape index (κ1) is 21.6. The Hall–Kier alpha value is -3.27. The van der Waals surface area contributed by atoms with Gasteiger partial charge >= 0.3 is 5.91 Å². The molecular formula is C22H15Cl2N5O3S. The molecule has 1 aromatic carbocycles. The Kier molecular flexibility index (Phi) is 5.19. The maximum Gasteiger partial charge on any atom is 0.301 e. The molecule has 11 heteroatoms. The van der Waals surface area contributed by atoms with Crippen molar-refractivity contribution in [1.29, 1.82) is 0 Å². The smallest absolute Gasteiger partial charge is 0.301 e. The summed E-state index contributed by atoms with van der Waals surface area (Å²) in [6, 6.07) is 9.19. The minimum atomic E-state index is -0.985. The van der Waals surface area contributed by atoms with Crippen LogP contribution in [-0.2, 0) is 9.59 Å². The first-order valence-corrected chi connectivity index (χ1v) is 11.3. The Bertz CT molecular complexity index is 1490. The predicted molar refractivity (Wildman–Crippen MR) is 126 cm³/mol. The van der Waals surface area contributed by atoms with E-state index >= 15 is 0 Å². The van der Waals surface area contributed by atoms with Crippen LogP contribution in [0.5, 0.6) is 0 Å². The number of carbonyl (C=O) groups is 2. The van der Waals surface area contributed by atoms with Gasteiger partial charge in [0.15, 0.2) is 5.76 Å². The van der Waals surface area contributed by atoms with E-state index in [1.807, 2.05) is 6.07 Å². The summed E-state index contributed by atoms with van der Waals surface area (Å²) >= 11 is 13.5. The Morgan fingerprint density at radius 2 is 1.88 bits per heavy atom. The number of halogens is 2. The number of hydrogen-bond donors (Lipinski definition) is 1. The van der Waals surface area contributed by atoms with Crippen LogP contribution in [0.3, 0.4) is 0 Å². The molecule has 1 amide bonds. The van der Waals surface area contributed by atoms with Gasteiger partial charge in [-0.1, -0.05) is 46.7 Å². The second kappa shape index (κ2) is 7.95. The first-order chi connectivity index (χ1) is 15.8. The second-order valence-electron chi connectivity index (χ2n) is 7.42. The molecule has 4 heterocycles. The molecule has 0 radical (unpaired) electrons. The van der Waals surface area contributed by atoms with Crippen LogP contribution in [0.2, 0.25) is 10.0 Å². The fourth-order valence-electron chi connectivity index (χ4n) is 3.94. The fourth-order valence-corrected chi connectivity index (χ4v) is 4.96. The number of carbonyl (C=O) groups excluding carboxylic acids is 2. The number of hydrogen-bond acceptors (Lipinski definition) is 7. The van der Waals surface area contributed by atoms with Gasteiger partial charge in [0, 0.05) is 6.20 Å². The van der Waals surface area contributed by atoms with E-state index in [1.54, 1.807) is 54.8 Å². The van der Waals surface area contributed by atoms with Crippen LogP contribution >= 0.6 is 34.5 Å². The molecule has 166 valence electrons. The minimum Gasteiger partial charge on any atom is -0.505 e. The van der Waals surface area contributed by atoms with Gasteiger partial charge in [0.2, 0.25) is 5.13 Å². The number of imidazole rings is 1. The van der Waals surface area contributed by atoms with Crippen molar-refractivity contribution < 1.29 is 14.7 Å². The van der Waals surface area contributed by atoms with Crippen LogP contribution in [0.1, 0.15) is 28.0 Å². The maximum atomic E-state index is 13.3. The van der Waals surface area contributed by atoms with E-state index < -0.39 is 17.7 Å². The average molecular weight is 500 g/mol. The summed E-state index contributed by atoms with van der Waals surface area (Å²) < 4.78 is 1.67. The zero-order valence-corrected chi connectivity index (χ0v) is 19.6. The largest absolute Gasteiger partial charge is 0.505 e. The van der Waals surface area contributed by atoms with E-state index in [1.165, 1.54) is 4.90 Å². The molecule has 5 rings (SSSR count). The highest BCUT2D eigenvalue weighted by Gasteiger charge is 2.48. The highest BCUT2D eigenvalue weighted by molar-refractivity contribution is 7.15. The van der Waals surface area contributed by atoms with Crippen LogP contribution in [0.4, 0.5) is 5.13 Å². The summed E-state index contributed by atoms with van der Waals surface area (Å²) in [5.74, 6) is -2.01. The number of nitrogens with zero attached hydrogens (tertiary/aromatic N) is 5. The molecule has 1 fully saturated rings. The van der Waals surface area contributed by atoms with E-state index in [2.05, 4.69) is 15.2 Å². The van der Waals surface area contributed by atoms with Crippen LogP contribution < -0.4 is 4.90 Å². The lowest BCUT2D eigenvalue weighted by Gasteiger charge is -2.22. The van der Waals surface area contributed by atoms with Gasteiger partial charge in [-0.3, -0.25) is 18.9 Å². The maximum absolute atomic E-state index is 13.3. The number of aliphatic hydroxyl groups is 1. The number of rotatable bonds is 3. The van der Waals surface area contributed by atoms with Crippen LogP contribution in [-0.4, -0.2) is 36.4 Å². The summed E-state index contributed by atoms with van der Waals surface area (Å²) in [5, 5.41) is 20.9. The molecule has 3 aromatic heterocycles. The van der Waals surface area contributed by atoms with Crippen molar-refractivity contribution in [2.45, 2.75) is 19.9 Å². The highest BCUT2D eigenvalue weighted by Crippen LogP contribution is 2.44. The quantitative estimate of drug-likeness (QED) is 0.248. The molecule has 1 aliphatic heterocycles. The standard InChI is InChI=1S/C22H15Cl2N5O3S/c1-10-17(28-8-4-3-5-15(28)25-10)19(30)16-18(12-6-7-13(23)14(24)9-12)29(21(32)20(16)31)22-27-26-11(2)33-22/h3-9,18,30H,1-2H3/b19-16+. The SMILES string of the molecule is Cc1nnc(N2C(=O)C(=O)/C(=C(/O)c3c(C)nc4ccccn34)C2c2ccc(Cl)c(Cl)c2)s1. The normalized spacial score (nSPS) is 17.9. The number of fused-ring (bicyclic) bond motifs is 1. The third-order valence-electron chi connectivity index (χ3n) is 5.35. The number of aliphatic hydroxyl groups excluding tert-OH is 1. The van der Waals surface area contributed by atoms with E-state index in [0.717, 1.165) is 11.3 Å². The van der Waals surface area contributed by atoms with Gasteiger partial charge < -0.3 is 5.11 Å². The zero-order valence-electron chi connectivity index (χ0n) is 17.3. The molecule has 1 N–H and O–H groups in total. The summed E-state index contributed by atoms with van der Waals surface area (Å²) in [4.78, 5) is 32.1. The van der Waals surface area contributed by atoms with Gasteiger partial charge in [-0.25, -0.2) is 4.98 Å². The van der Waals surface area contributed by atoms with E-state index in [-0.39, 0.29) is 21.5 Å². The lowest BCUT2D eigenvalue weighted by Crippen LogP contribution is -2.29. The second-order valence-corrected chi connectivity index (χ2v) is 9.40. The van der Waals surface area contributed by atoms with Gasteiger partial charge in [0.25, 0.3) is 5.78 Å². The summed E-state index contributed by atoms with van der Waals surface area (Å²) in [6.07, 6.45) is 1.72. The molecule has 0 bridgehead atoms. The molecule has 1 saturated heterocycles. The number of Topliss-reactive ketones (excluding diaryl/α,β-unsaturated/α-hetero) is 1. The topological polar surface area (TPSA) is 101 Å². The zero-order chi connectivity index (χ0) is 23.4. The Morgan fingerprint density at radius 1 is 1.09 bits per heavy atom. The van der Waals surface area contributed by atoms with Gasteiger partial charge in [-0.05, 0) is 43.7 Å². The van der Waals surface area contributed by atoms with Gasteiger partial charge in [-0.15, -0.1) is 10.2 Å². The highest BCUT2D eigenvalue weighted by atomic mass is 35.5. The third-order valence-corrected chi connectivity index (χ3v) is 6.93. The number of benzene rings is 1. The van der Waals surface area contributed by atoms with E-state index in [4.69, 9.17) is 23.2 Å². The molecule has 8 nitrogen and oxygen atoms in total. The van der Waals surface area contributed by atoms with Gasteiger partial charge in [0.05, 0.1) is 27.4 Å². The summed E-state index contributed by atoms with van der Waals surface area (Å²) in [7, 11) is 0. The number of aryl methyl sites for hydroxylation is 2. The summed E-state index contributed by atoms with van der Waals surface area (Å²) in [6.45, 7) is 3.47. The van der Waals surface area contributed by atoms with Crippen LogP contribution in [0, 0.1) is 13.8 Å². The lowest BCUT2D eigenvalue weighted by atomic mass is 9.96. The van der Waals surface area contributed by atoms with Gasteiger partial charge in [0.1, 0.15) is 16.3 Å². The van der Waals surface area contributed by atoms with Gasteiger partial charge in [-0.2, -0.15) is 0 Å². The Balaban J connectivity index is 1.80. The van der Waals surface area contributed by atoms with Crippen molar-refractivity contribution in [3.05, 3.63) is 80.2 Å². The minimum absolute atomic E-state index is 0.0972. The van der Waals surface area contributed by atoms with Crippen molar-refractivity contribution >= 4 is 62.8 Å². The Labute approximate surface area is 201 Å². The molecular weight excluding hydrogens is 485 g/mol. The van der Waals surface area contributed by atoms with Crippen molar-refractivity contribution in [3.8, 4) is 0 Å². The van der Waals surface area contributed by atoms with E-state index in [9.17, 15) is 14.7 Å². The fraction of sp³-hybridized carbons (Fsp3) is 0.136. The molecule has 1 atom stereocenters. The number of amides is 1. The molecule has 4 aromatic rings. The summed E-state index contributed by atoms with van der Waals surface area (Å²) in [5.41, 5.74) is 1.81. The van der Waals surface area contributed by atoms with Crippen molar-refractivity contribution in [2.75, 3.05) is 4.90 Å². The Morgan fingerprint density at radius 3 is 2.58 bits per heavy atom. The lowest BCUT2D eigenvalue weighted by molar-refractivity contribution is -0.132. The third kappa shape index (κ3) is 3.40. The predicted octanol–water partition coefficient (Wildman–Crippen LogP) is 4.74. The molecule has 0 aliphatic carbocycles. The number of anilines is 1. The first-order valence-electron chi connectivity index (χ1n) is 9.78. The molecule has 33 heavy (non-hydrogen) atoms. The van der Waals surface area contributed by atoms with Crippen molar-refractivity contribution in [3.63, 3.8) is 0 Å². The molecule has 1 aliphatic rings. The van der Waals surface area contributed by atoms with E-state index in [0.29, 0.717) is 32.6 Å². The number of aromatic nitrogens is 4. The monoisotopic (exact) mass is 499 g/mol. The molecule has 0 saturated carbocycles. The van der Waals surface area contributed by atoms with Crippen LogP contribution in [0.15, 0.2) is 48.2 Å². The van der Waals surface area contributed by atoms with Crippen molar-refractivity contribution in [1.82, 2.24) is 19.6 Å². The van der Waals surface area contributed by atoms with Crippen molar-refractivity contribution in [2.24, 2.45) is 0 Å². The molecule has 1 unspecified atom stereocenters. The average Bonchev–Trinajstić information content (AvgIpc) is 3.43. The number of pyridine rings is 1. The van der Waals surface area contributed by atoms with Crippen LogP contribution in [0.25, 0.3) is 11.4 Å².